The lowest BCUT2D eigenvalue weighted by atomic mass is 10.00. The first-order chi connectivity index (χ1) is 12.1. The highest BCUT2D eigenvalue weighted by atomic mass is 28.3. The lowest BCUT2D eigenvalue weighted by Gasteiger charge is -2.32. The van der Waals surface area contributed by atoms with Crippen LogP contribution in [0.15, 0.2) is 54.7 Å². The van der Waals surface area contributed by atoms with E-state index >= 15 is 0 Å². The van der Waals surface area contributed by atoms with Gasteiger partial charge in [0.1, 0.15) is 7.05 Å². The quantitative estimate of drug-likeness (QED) is 0.448. The van der Waals surface area contributed by atoms with Gasteiger partial charge in [-0.2, -0.15) is 0 Å². The SMILES string of the molecule is Cc1ccccc1-c1c2ccc([Si]3(C)CCCCC3)cc2cc[n+]1C. The van der Waals surface area contributed by atoms with Crippen molar-refractivity contribution in [3.05, 3.63) is 60.3 Å². The van der Waals surface area contributed by atoms with E-state index in [0.29, 0.717) is 0 Å². The van der Waals surface area contributed by atoms with Crippen LogP contribution in [-0.2, 0) is 7.05 Å². The predicted molar refractivity (Wildman–Crippen MR) is 110 cm³/mol. The van der Waals surface area contributed by atoms with Gasteiger partial charge in [-0.1, -0.05) is 73.4 Å². The predicted octanol–water partition coefficient (Wildman–Crippen LogP) is 5.11. The van der Waals surface area contributed by atoms with Crippen LogP contribution >= 0.6 is 0 Å². The number of rotatable bonds is 2. The van der Waals surface area contributed by atoms with Crippen molar-refractivity contribution in [1.82, 2.24) is 0 Å². The largest absolute Gasteiger partial charge is 0.220 e. The Kier molecular flexibility index (Phi) is 4.24. The molecule has 3 aromatic rings. The van der Waals surface area contributed by atoms with E-state index in [1.54, 1.807) is 5.19 Å². The van der Waals surface area contributed by atoms with Crippen LogP contribution in [0.2, 0.25) is 18.6 Å². The highest BCUT2D eigenvalue weighted by Gasteiger charge is 2.31. The first-order valence-corrected chi connectivity index (χ1v) is 12.5. The number of hydrogen-bond donors (Lipinski definition) is 0. The van der Waals surface area contributed by atoms with Crippen molar-refractivity contribution < 1.29 is 4.57 Å². The summed E-state index contributed by atoms with van der Waals surface area (Å²) in [5.74, 6) is 0. The van der Waals surface area contributed by atoms with Crippen molar-refractivity contribution >= 4 is 24.0 Å². The fourth-order valence-electron chi connectivity index (χ4n) is 4.54. The van der Waals surface area contributed by atoms with Crippen LogP contribution in [0.4, 0.5) is 0 Å². The topological polar surface area (TPSA) is 3.88 Å². The maximum absolute atomic E-state index is 2.60. The number of fused-ring (bicyclic) bond motifs is 1. The normalized spacial score (nSPS) is 16.9. The van der Waals surface area contributed by atoms with Gasteiger partial charge in [0.05, 0.1) is 13.5 Å². The molecule has 1 aliphatic heterocycles. The van der Waals surface area contributed by atoms with E-state index in [1.807, 2.05) is 0 Å². The molecule has 1 saturated heterocycles. The Hall–Kier alpha value is -1.93. The Balaban J connectivity index is 1.89. The second-order valence-electron chi connectivity index (χ2n) is 8.01. The average Bonchev–Trinajstić information content (AvgIpc) is 2.63. The van der Waals surface area contributed by atoms with Crippen molar-refractivity contribution in [1.29, 1.82) is 0 Å². The van der Waals surface area contributed by atoms with Gasteiger partial charge in [-0.25, -0.2) is 4.57 Å². The zero-order valence-corrected chi connectivity index (χ0v) is 16.7. The van der Waals surface area contributed by atoms with Gasteiger partial charge in [0.2, 0.25) is 5.69 Å². The van der Waals surface area contributed by atoms with Gasteiger partial charge in [0.25, 0.3) is 0 Å². The lowest BCUT2D eigenvalue weighted by molar-refractivity contribution is -0.659. The van der Waals surface area contributed by atoms with Gasteiger partial charge >= 0.3 is 0 Å². The van der Waals surface area contributed by atoms with E-state index in [4.69, 9.17) is 0 Å². The molecule has 0 unspecified atom stereocenters. The fraction of sp³-hybridized carbons (Fsp3) is 0.348. The monoisotopic (exact) mass is 346 g/mol. The van der Waals surface area contributed by atoms with Crippen molar-refractivity contribution in [3.8, 4) is 11.3 Å². The van der Waals surface area contributed by atoms with E-state index < -0.39 is 8.07 Å². The molecule has 128 valence electrons. The maximum Gasteiger partial charge on any atom is 0.220 e. The summed E-state index contributed by atoms with van der Waals surface area (Å²) in [6.45, 7) is 4.80. The van der Waals surface area contributed by atoms with Crippen molar-refractivity contribution in [2.45, 2.75) is 44.8 Å². The molecule has 0 aliphatic carbocycles. The Morgan fingerprint density at radius 1 is 0.920 bits per heavy atom. The molecule has 0 atom stereocenters. The van der Waals surface area contributed by atoms with Gasteiger partial charge in [-0.05, 0) is 30.0 Å². The Morgan fingerprint density at radius 3 is 2.44 bits per heavy atom. The molecule has 0 amide bonds. The summed E-state index contributed by atoms with van der Waals surface area (Å²) < 4.78 is 2.27. The summed E-state index contributed by atoms with van der Waals surface area (Å²) in [5.41, 5.74) is 4.00. The average molecular weight is 347 g/mol. The number of aromatic nitrogens is 1. The number of pyridine rings is 1. The van der Waals surface area contributed by atoms with Crippen LogP contribution < -0.4 is 9.75 Å². The molecule has 1 aromatic heterocycles. The third-order valence-electron chi connectivity index (χ3n) is 6.19. The summed E-state index contributed by atoms with van der Waals surface area (Å²) in [4.78, 5) is 0. The minimum absolute atomic E-state index is 1.26. The molecule has 0 spiro atoms. The second-order valence-corrected chi connectivity index (χ2v) is 12.7. The highest BCUT2D eigenvalue weighted by molar-refractivity contribution is 6.91. The van der Waals surface area contributed by atoms with E-state index in [9.17, 15) is 0 Å². The summed E-state index contributed by atoms with van der Waals surface area (Å²) >= 11 is 0. The van der Waals surface area contributed by atoms with E-state index in [2.05, 4.69) is 79.8 Å². The zero-order chi connectivity index (χ0) is 17.4. The molecule has 0 saturated carbocycles. The standard InChI is InChI=1S/C23H28NSi/c1-18-9-5-6-10-21(18)23-22-12-11-20(17-19(22)13-14-24(23)2)25(3)15-7-4-8-16-25/h5-6,9-14,17H,4,7-8,15-16H2,1-3H3/q+1. The van der Waals surface area contributed by atoms with Crippen molar-refractivity contribution in [2.75, 3.05) is 0 Å². The van der Waals surface area contributed by atoms with Crippen LogP contribution in [-0.4, -0.2) is 8.07 Å². The maximum atomic E-state index is 2.60. The summed E-state index contributed by atoms with van der Waals surface area (Å²) in [5, 5.41) is 4.42. The van der Waals surface area contributed by atoms with E-state index in [1.165, 1.54) is 58.9 Å². The Labute approximate surface area is 152 Å². The van der Waals surface area contributed by atoms with E-state index in [0.717, 1.165) is 0 Å². The molecule has 2 heteroatoms. The molecule has 2 heterocycles. The van der Waals surface area contributed by atoms with Crippen molar-refractivity contribution in [3.63, 3.8) is 0 Å². The number of nitrogens with zero attached hydrogens (tertiary/aromatic N) is 1. The van der Waals surface area contributed by atoms with E-state index in [-0.39, 0.29) is 0 Å². The minimum atomic E-state index is -1.26. The fourth-order valence-corrected chi connectivity index (χ4v) is 8.42. The smallest absolute Gasteiger partial charge is 0.200 e. The number of aryl methyl sites for hydroxylation is 2. The molecule has 1 aliphatic rings. The molecule has 2 aromatic carbocycles. The lowest BCUT2D eigenvalue weighted by Crippen LogP contribution is -2.45. The molecular weight excluding hydrogens is 318 g/mol. The first kappa shape index (κ1) is 16.5. The van der Waals surface area contributed by atoms with Crippen LogP contribution in [0.3, 0.4) is 0 Å². The summed E-state index contributed by atoms with van der Waals surface area (Å²) in [6, 6.07) is 21.3. The van der Waals surface area contributed by atoms with Crippen LogP contribution in [0, 0.1) is 6.92 Å². The van der Waals surface area contributed by atoms with Crippen molar-refractivity contribution in [2.24, 2.45) is 7.05 Å². The summed E-state index contributed by atoms with van der Waals surface area (Å²) in [6.07, 6.45) is 6.51. The van der Waals surface area contributed by atoms with Gasteiger partial charge in [-0.3, -0.25) is 0 Å². The Morgan fingerprint density at radius 2 is 1.68 bits per heavy atom. The highest BCUT2D eigenvalue weighted by Crippen LogP contribution is 2.31. The molecule has 4 rings (SSSR count). The molecule has 25 heavy (non-hydrogen) atoms. The van der Waals surface area contributed by atoms with Gasteiger partial charge in [0.15, 0.2) is 6.20 Å². The first-order valence-electron chi connectivity index (χ1n) is 9.57. The van der Waals surface area contributed by atoms with Crippen LogP contribution in [0.25, 0.3) is 22.0 Å². The minimum Gasteiger partial charge on any atom is -0.200 e. The molecule has 1 nitrogen and oxygen atoms in total. The second kappa shape index (κ2) is 6.42. The number of hydrogen-bond acceptors (Lipinski definition) is 0. The zero-order valence-electron chi connectivity index (χ0n) is 15.7. The molecule has 0 radical (unpaired) electrons. The van der Waals surface area contributed by atoms with Gasteiger partial charge in [0, 0.05) is 11.6 Å². The van der Waals surface area contributed by atoms with Gasteiger partial charge < -0.3 is 0 Å². The molecular formula is C23H28NSi+. The third-order valence-corrected chi connectivity index (χ3v) is 10.8. The summed E-state index contributed by atoms with van der Waals surface area (Å²) in [7, 11) is 0.901. The molecule has 0 N–H and O–H groups in total. The van der Waals surface area contributed by atoms with Gasteiger partial charge in [-0.15, -0.1) is 0 Å². The molecule has 0 bridgehead atoms. The number of benzene rings is 2. The molecule has 1 fully saturated rings. The third kappa shape index (κ3) is 2.93. The van der Waals surface area contributed by atoms with Crippen LogP contribution in [0.5, 0.6) is 0 Å². The van der Waals surface area contributed by atoms with Crippen LogP contribution in [0.1, 0.15) is 24.8 Å². The Bertz CT molecular complexity index is 923.